The molecule has 0 aromatic carbocycles. The topological polar surface area (TPSA) is 108 Å². The molecular formula is C30H36F2N6O3S. The van der Waals surface area contributed by atoms with E-state index in [2.05, 4.69) is 58.7 Å². The van der Waals surface area contributed by atoms with Crippen LogP contribution in [0.3, 0.4) is 0 Å². The van der Waals surface area contributed by atoms with Crippen molar-refractivity contribution < 1.29 is 23.1 Å². The summed E-state index contributed by atoms with van der Waals surface area (Å²) in [5, 5.41) is 2.74. The zero-order valence-electron chi connectivity index (χ0n) is 24.2. The minimum absolute atomic E-state index is 0.0219. The van der Waals surface area contributed by atoms with Gasteiger partial charge in [0.05, 0.1) is 25.4 Å². The molecule has 1 aliphatic carbocycles. The van der Waals surface area contributed by atoms with Gasteiger partial charge in [-0.15, -0.1) is 0 Å². The van der Waals surface area contributed by atoms with Crippen molar-refractivity contribution in [2.45, 2.75) is 63.8 Å². The van der Waals surface area contributed by atoms with Crippen molar-refractivity contribution in [3.8, 4) is 28.7 Å². The summed E-state index contributed by atoms with van der Waals surface area (Å²) < 4.78 is 32.9. The fourth-order valence-corrected chi connectivity index (χ4v) is 5.92. The Morgan fingerprint density at radius 1 is 1.14 bits per heavy atom. The molecule has 3 unspecified atom stereocenters. The number of hydrazine groups is 1. The van der Waals surface area contributed by atoms with Crippen LogP contribution in [-0.4, -0.2) is 52.7 Å². The maximum Gasteiger partial charge on any atom is 0.280 e. The lowest BCUT2D eigenvalue weighted by Crippen LogP contribution is -2.43. The Hall–Kier alpha value is -3.27. The van der Waals surface area contributed by atoms with Crippen molar-refractivity contribution in [2.75, 3.05) is 25.1 Å². The van der Waals surface area contributed by atoms with E-state index >= 15 is 0 Å². The van der Waals surface area contributed by atoms with Gasteiger partial charge in [-0.2, -0.15) is 0 Å². The number of pyridine rings is 2. The number of carbonyl (C=O) groups is 2. The third kappa shape index (κ3) is 7.19. The zero-order chi connectivity index (χ0) is 30.0. The van der Waals surface area contributed by atoms with Gasteiger partial charge in [0.2, 0.25) is 0 Å². The maximum absolute atomic E-state index is 13.7. The highest BCUT2D eigenvalue weighted by molar-refractivity contribution is 8.00. The van der Waals surface area contributed by atoms with E-state index in [1.54, 1.807) is 6.07 Å². The number of anilines is 1. The number of methoxy groups -OCH3 is 1. The number of thioether (sulfide) groups is 1. The molecule has 3 aliphatic rings. The molecule has 42 heavy (non-hydrogen) atoms. The summed E-state index contributed by atoms with van der Waals surface area (Å²) in [6, 6.07) is 2.90. The second-order valence-corrected chi connectivity index (χ2v) is 13.2. The summed E-state index contributed by atoms with van der Waals surface area (Å²) in [5.41, 5.74) is 5.96. The highest BCUT2D eigenvalue weighted by Crippen LogP contribution is 2.38. The molecule has 4 heterocycles. The van der Waals surface area contributed by atoms with Gasteiger partial charge in [0.15, 0.2) is 5.78 Å². The Kier molecular flexibility index (Phi) is 9.01. The third-order valence-corrected chi connectivity index (χ3v) is 8.79. The van der Waals surface area contributed by atoms with Crippen LogP contribution in [0.5, 0.6) is 5.75 Å². The minimum Gasteiger partial charge on any atom is -0.494 e. The van der Waals surface area contributed by atoms with Crippen molar-refractivity contribution in [1.82, 2.24) is 26.1 Å². The second-order valence-electron chi connectivity index (χ2n) is 11.9. The first-order chi connectivity index (χ1) is 20.0. The molecular weight excluding hydrogens is 562 g/mol. The lowest BCUT2D eigenvalue weighted by Gasteiger charge is -2.29. The summed E-state index contributed by atoms with van der Waals surface area (Å²) in [7, 11) is 1.41. The van der Waals surface area contributed by atoms with Gasteiger partial charge in [0.25, 0.3) is 12.3 Å². The van der Waals surface area contributed by atoms with Gasteiger partial charge in [0.1, 0.15) is 28.1 Å². The predicted octanol–water partition coefficient (Wildman–Crippen LogP) is 4.52. The highest BCUT2D eigenvalue weighted by Gasteiger charge is 2.32. The SMILES string of the molecule is COc1cnc(C(F)F)cc1-c1cc(N2CCC(C(C)(C)C)CC(=O)C2)ncc1C(=O)NC1NNC(C#CC2CC2)S1. The molecule has 3 fully saturated rings. The number of aromatic nitrogens is 2. The highest BCUT2D eigenvalue weighted by atomic mass is 32.2. The van der Waals surface area contributed by atoms with Crippen LogP contribution in [0.25, 0.3) is 11.1 Å². The first-order valence-corrected chi connectivity index (χ1v) is 15.0. The standard InChI is InChI=1S/C30H36F2N6O3S/c1-30(2,3)18-9-10-38(16-19(39)11-18)25-13-20(21-12-23(27(31)32)33-15-24(21)41-4)22(14-34-25)28(40)35-29-37-36-26(42-29)8-7-17-5-6-17/h12-15,17-18,26-27,29,36-37H,5-6,9-11,16H2,1-4H3,(H,35,40). The van der Waals surface area contributed by atoms with Crippen LogP contribution in [0.1, 0.15) is 68.9 Å². The van der Waals surface area contributed by atoms with E-state index in [-0.39, 0.29) is 45.9 Å². The van der Waals surface area contributed by atoms with Crippen LogP contribution in [0.2, 0.25) is 0 Å². The van der Waals surface area contributed by atoms with E-state index < -0.39 is 23.5 Å². The van der Waals surface area contributed by atoms with E-state index in [0.717, 1.165) is 19.3 Å². The Labute approximate surface area is 248 Å². The average Bonchev–Trinajstić information content (AvgIpc) is 3.72. The lowest BCUT2D eigenvalue weighted by molar-refractivity contribution is -0.119. The van der Waals surface area contributed by atoms with Gasteiger partial charge in [-0.25, -0.2) is 24.6 Å². The summed E-state index contributed by atoms with van der Waals surface area (Å²) in [6.07, 6.45) is 3.36. The molecule has 5 rings (SSSR count). The number of hydrogen-bond acceptors (Lipinski definition) is 9. The van der Waals surface area contributed by atoms with Crippen molar-refractivity contribution in [3.05, 3.63) is 35.8 Å². The Morgan fingerprint density at radius 2 is 1.93 bits per heavy atom. The quantitative estimate of drug-likeness (QED) is 0.414. The van der Waals surface area contributed by atoms with Gasteiger partial charge in [0, 0.05) is 36.2 Å². The number of amides is 1. The predicted molar refractivity (Wildman–Crippen MR) is 158 cm³/mol. The number of rotatable bonds is 6. The van der Waals surface area contributed by atoms with Gasteiger partial charge in [-0.1, -0.05) is 44.4 Å². The molecule has 2 aromatic rings. The number of ether oxygens (including phenoxy) is 1. The molecule has 0 radical (unpaired) electrons. The molecule has 12 heteroatoms. The van der Waals surface area contributed by atoms with Crippen molar-refractivity contribution in [3.63, 3.8) is 0 Å². The zero-order valence-corrected chi connectivity index (χ0v) is 25.0. The van der Waals surface area contributed by atoms with Crippen LogP contribution in [0, 0.1) is 29.1 Å². The molecule has 0 spiro atoms. The number of nitrogens with one attached hydrogen (secondary N) is 3. The first kappa shape index (κ1) is 30.2. The Morgan fingerprint density at radius 3 is 2.62 bits per heavy atom. The van der Waals surface area contributed by atoms with Crippen LogP contribution in [0.4, 0.5) is 14.6 Å². The van der Waals surface area contributed by atoms with Gasteiger partial charge < -0.3 is 15.0 Å². The second kappa shape index (κ2) is 12.5. The number of hydrogen-bond donors (Lipinski definition) is 3. The Bertz CT molecular complexity index is 1400. The summed E-state index contributed by atoms with van der Waals surface area (Å²) >= 11 is 1.42. The van der Waals surface area contributed by atoms with E-state index in [0.29, 0.717) is 30.3 Å². The molecule has 3 atom stereocenters. The van der Waals surface area contributed by atoms with E-state index in [4.69, 9.17) is 4.74 Å². The fourth-order valence-electron chi connectivity index (χ4n) is 5.07. The summed E-state index contributed by atoms with van der Waals surface area (Å²) in [4.78, 5) is 36.8. The van der Waals surface area contributed by atoms with Crippen LogP contribution in [-0.2, 0) is 4.79 Å². The van der Waals surface area contributed by atoms with Gasteiger partial charge in [-0.3, -0.25) is 14.6 Å². The molecule has 1 saturated carbocycles. The maximum atomic E-state index is 13.7. The molecule has 9 nitrogen and oxygen atoms in total. The normalized spacial score (nSPS) is 22.9. The third-order valence-electron chi connectivity index (χ3n) is 7.77. The summed E-state index contributed by atoms with van der Waals surface area (Å²) in [5.74, 6) is 7.42. The molecule has 3 N–H and O–H groups in total. The summed E-state index contributed by atoms with van der Waals surface area (Å²) in [6.45, 7) is 7.18. The monoisotopic (exact) mass is 598 g/mol. The molecule has 2 aromatic heterocycles. The molecule has 224 valence electrons. The van der Waals surface area contributed by atoms with Crippen LogP contribution < -0.4 is 25.8 Å². The smallest absolute Gasteiger partial charge is 0.280 e. The van der Waals surface area contributed by atoms with Crippen LogP contribution >= 0.6 is 11.8 Å². The van der Waals surface area contributed by atoms with Gasteiger partial charge in [-0.05, 0) is 42.7 Å². The van der Waals surface area contributed by atoms with Crippen molar-refractivity contribution >= 4 is 29.3 Å². The molecule has 1 amide bonds. The first-order valence-electron chi connectivity index (χ1n) is 14.1. The largest absolute Gasteiger partial charge is 0.494 e. The number of nitrogens with zero attached hydrogens (tertiary/aromatic N) is 3. The van der Waals surface area contributed by atoms with Gasteiger partial charge >= 0.3 is 0 Å². The molecule has 0 bridgehead atoms. The van der Waals surface area contributed by atoms with E-state index in [9.17, 15) is 18.4 Å². The number of Topliss-reactive ketones (excluding diaryl/α,β-unsaturated/α-hetero) is 1. The number of halogens is 2. The number of carbonyl (C=O) groups excluding carboxylic acids is 2. The number of alkyl halides is 2. The molecule has 2 saturated heterocycles. The Balaban J connectivity index is 1.47. The minimum atomic E-state index is -2.82. The fraction of sp³-hybridized carbons (Fsp3) is 0.533. The lowest BCUT2D eigenvalue weighted by atomic mass is 9.76. The van der Waals surface area contributed by atoms with E-state index in [1.807, 2.05) is 4.90 Å². The van der Waals surface area contributed by atoms with Crippen molar-refractivity contribution in [1.29, 1.82) is 0 Å². The van der Waals surface area contributed by atoms with Crippen LogP contribution in [0.15, 0.2) is 24.5 Å². The van der Waals surface area contributed by atoms with Crippen molar-refractivity contribution in [2.24, 2.45) is 17.3 Å². The molecule has 2 aliphatic heterocycles. The number of ketones is 1. The average molecular weight is 599 g/mol. The van der Waals surface area contributed by atoms with E-state index in [1.165, 1.54) is 37.3 Å².